The van der Waals surface area contributed by atoms with Crippen LogP contribution in [0.3, 0.4) is 0 Å². The first-order valence-corrected chi connectivity index (χ1v) is 6.05. The first-order chi connectivity index (χ1) is 8.61. The van der Waals surface area contributed by atoms with Gasteiger partial charge in [0.25, 0.3) is 0 Å². The number of carbonyl (C=O) groups is 2. The van der Waals surface area contributed by atoms with Gasteiger partial charge in [-0.1, -0.05) is 44.2 Å². The van der Waals surface area contributed by atoms with E-state index in [2.05, 4.69) is 5.32 Å². The van der Waals surface area contributed by atoms with Crippen LogP contribution in [0.15, 0.2) is 30.3 Å². The van der Waals surface area contributed by atoms with Gasteiger partial charge >= 0.3 is 6.09 Å². The largest absolute Gasteiger partial charge is 0.439 e. The van der Waals surface area contributed by atoms with Crippen LogP contribution in [-0.4, -0.2) is 18.5 Å². The first-order valence-electron chi connectivity index (χ1n) is 6.05. The molecule has 0 aromatic heterocycles. The highest BCUT2D eigenvalue weighted by Crippen LogP contribution is 2.06. The minimum atomic E-state index is -0.666. The van der Waals surface area contributed by atoms with Gasteiger partial charge in [0.2, 0.25) is 0 Å². The van der Waals surface area contributed by atoms with Crippen molar-refractivity contribution in [2.45, 2.75) is 32.9 Å². The zero-order valence-electron chi connectivity index (χ0n) is 10.8. The molecule has 0 spiro atoms. The molecule has 0 bridgehead atoms. The summed E-state index contributed by atoms with van der Waals surface area (Å²) in [7, 11) is 0. The van der Waals surface area contributed by atoms with Crippen LogP contribution in [0.25, 0.3) is 0 Å². The summed E-state index contributed by atoms with van der Waals surface area (Å²) < 4.78 is 5.01. The van der Waals surface area contributed by atoms with Crippen molar-refractivity contribution in [2.75, 3.05) is 0 Å². The molecule has 0 aliphatic heterocycles. The molecular formula is C14H19NO3. The smallest absolute Gasteiger partial charge is 0.408 e. The molecule has 0 radical (unpaired) electrons. The maximum Gasteiger partial charge on any atom is 0.408 e. The van der Waals surface area contributed by atoms with Gasteiger partial charge in [-0.05, 0) is 17.9 Å². The van der Waals surface area contributed by atoms with Crippen molar-refractivity contribution in [3.8, 4) is 0 Å². The van der Waals surface area contributed by atoms with E-state index in [0.717, 1.165) is 5.56 Å². The summed E-state index contributed by atoms with van der Waals surface area (Å²) in [5.74, 6) is 0.308. The predicted octanol–water partition coefficient (Wildman–Crippen LogP) is 2.53. The van der Waals surface area contributed by atoms with Crippen LogP contribution in [0.2, 0.25) is 0 Å². The maximum atomic E-state index is 11.5. The summed E-state index contributed by atoms with van der Waals surface area (Å²) in [4.78, 5) is 22.2. The van der Waals surface area contributed by atoms with E-state index in [1.807, 2.05) is 44.2 Å². The molecule has 1 atom stereocenters. The number of amides is 1. The van der Waals surface area contributed by atoms with Crippen LogP contribution in [0.1, 0.15) is 25.8 Å². The number of rotatable bonds is 6. The Balaban J connectivity index is 2.34. The molecule has 98 valence electrons. The molecule has 4 heteroatoms. The minimum absolute atomic E-state index is 0.308. The number of carbonyl (C=O) groups excluding carboxylic acids is 2. The molecule has 1 aromatic rings. The fourth-order valence-corrected chi connectivity index (χ4v) is 1.55. The van der Waals surface area contributed by atoms with Gasteiger partial charge in [-0.15, -0.1) is 0 Å². The van der Waals surface area contributed by atoms with E-state index in [-0.39, 0.29) is 0 Å². The molecule has 4 nitrogen and oxygen atoms in total. The summed E-state index contributed by atoms with van der Waals surface area (Å²) in [6, 6.07) is 9.52. The molecular weight excluding hydrogens is 230 g/mol. The number of nitrogens with one attached hydrogen (secondary N) is 1. The van der Waals surface area contributed by atoms with Gasteiger partial charge in [-0.25, -0.2) is 4.79 Å². The molecule has 1 N–H and O–H groups in total. The molecule has 0 fully saturated rings. The highest BCUT2D eigenvalue weighted by molar-refractivity contribution is 5.70. The van der Waals surface area contributed by atoms with Gasteiger partial charge in [-0.3, -0.25) is 4.79 Å². The van der Waals surface area contributed by atoms with Gasteiger partial charge in [0.1, 0.15) is 0 Å². The lowest BCUT2D eigenvalue weighted by Crippen LogP contribution is -2.30. The molecule has 0 aliphatic rings. The zero-order chi connectivity index (χ0) is 13.4. The molecule has 1 amide bonds. The van der Waals surface area contributed by atoms with Crippen molar-refractivity contribution in [2.24, 2.45) is 5.92 Å². The van der Waals surface area contributed by atoms with Crippen molar-refractivity contribution in [1.82, 2.24) is 5.32 Å². The number of alkyl carbamates (subject to hydrolysis) is 1. The standard InChI is InChI=1S/C14H19NO3/c1-11(2)8-13(10-16)18-14(17)15-9-12-6-4-3-5-7-12/h3-7,10-11,13H,8-9H2,1-2H3,(H,15,17). The second kappa shape index (κ2) is 7.48. The van der Waals surface area contributed by atoms with Crippen LogP contribution in [-0.2, 0) is 16.1 Å². The fraction of sp³-hybridized carbons (Fsp3) is 0.429. The third kappa shape index (κ3) is 5.48. The number of ether oxygens (including phenoxy) is 1. The molecule has 0 saturated heterocycles. The summed E-state index contributed by atoms with van der Waals surface area (Å²) >= 11 is 0. The van der Waals surface area contributed by atoms with E-state index in [1.54, 1.807) is 0 Å². The van der Waals surface area contributed by atoms with Crippen molar-refractivity contribution in [3.05, 3.63) is 35.9 Å². The molecule has 1 aromatic carbocycles. The second-order valence-electron chi connectivity index (χ2n) is 4.55. The topological polar surface area (TPSA) is 55.4 Å². The van der Waals surface area contributed by atoms with Crippen molar-refractivity contribution >= 4 is 12.4 Å². The van der Waals surface area contributed by atoms with Crippen LogP contribution < -0.4 is 5.32 Å². The lowest BCUT2D eigenvalue weighted by Gasteiger charge is -2.14. The van der Waals surface area contributed by atoms with Gasteiger partial charge in [0.05, 0.1) is 0 Å². The van der Waals surface area contributed by atoms with Gasteiger partial charge in [-0.2, -0.15) is 0 Å². The molecule has 1 rings (SSSR count). The third-order valence-electron chi connectivity index (χ3n) is 2.39. The Kier molecular flexibility index (Phi) is 5.91. The van der Waals surface area contributed by atoms with E-state index < -0.39 is 12.2 Å². The van der Waals surface area contributed by atoms with E-state index in [0.29, 0.717) is 25.2 Å². The van der Waals surface area contributed by atoms with E-state index in [9.17, 15) is 9.59 Å². The lowest BCUT2D eigenvalue weighted by molar-refractivity contribution is -0.115. The quantitative estimate of drug-likeness (QED) is 0.788. The fourth-order valence-electron chi connectivity index (χ4n) is 1.55. The number of hydrogen-bond donors (Lipinski definition) is 1. The van der Waals surface area contributed by atoms with Crippen LogP contribution in [0.5, 0.6) is 0 Å². The molecule has 18 heavy (non-hydrogen) atoms. The summed E-state index contributed by atoms with van der Waals surface area (Å²) in [5.41, 5.74) is 0.987. The summed E-state index contributed by atoms with van der Waals surface area (Å²) in [6.45, 7) is 4.34. The SMILES string of the molecule is CC(C)CC(C=O)OC(=O)NCc1ccccc1. The van der Waals surface area contributed by atoms with Crippen LogP contribution >= 0.6 is 0 Å². The molecule has 0 heterocycles. The van der Waals surface area contributed by atoms with Crippen molar-refractivity contribution in [3.63, 3.8) is 0 Å². The van der Waals surface area contributed by atoms with Gasteiger partial charge in [0.15, 0.2) is 12.4 Å². The van der Waals surface area contributed by atoms with E-state index in [4.69, 9.17) is 4.74 Å². The molecule has 0 aliphatic carbocycles. The Morgan fingerprint density at radius 1 is 1.33 bits per heavy atom. The van der Waals surface area contributed by atoms with E-state index in [1.165, 1.54) is 0 Å². The van der Waals surface area contributed by atoms with Crippen molar-refractivity contribution in [1.29, 1.82) is 0 Å². The molecule has 1 unspecified atom stereocenters. The van der Waals surface area contributed by atoms with Gasteiger partial charge < -0.3 is 10.1 Å². The average molecular weight is 249 g/mol. The van der Waals surface area contributed by atoms with Crippen LogP contribution in [0, 0.1) is 5.92 Å². The van der Waals surface area contributed by atoms with Gasteiger partial charge in [0, 0.05) is 6.54 Å². The van der Waals surface area contributed by atoms with Crippen LogP contribution in [0.4, 0.5) is 4.79 Å². The Hall–Kier alpha value is -1.84. The van der Waals surface area contributed by atoms with Crippen molar-refractivity contribution < 1.29 is 14.3 Å². The monoisotopic (exact) mass is 249 g/mol. The first kappa shape index (κ1) is 14.2. The number of hydrogen-bond acceptors (Lipinski definition) is 3. The minimum Gasteiger partial charge on any atom is -0.439 e. The summed E-state index contributed by atoms with van der Waals surface area (Å²) in [5, 5.41) is 2.62. The number of aldehydes is 1. The third-order valence-corrected chi connectivity index (χ3v) is 2.39. The zero-order valence-corrected chi connectivity index (χ0v) is 10.8. The second-order valence-corrected chi connectivity index (χ2v) is 4.55. The maximum absolute atomic E-state index is 11.5. The average Bonchev–Trinajstić information content (AvgIpc) is 2.36. The Morgan fingerprint density at radius 3 is 2.56 bits per heavy atom. The molecule has 0 saturated carbocycles. The summed E-state index contributed by atoms with van der Waals surface area (Å²) in [6.07, 6.45) is -0.0120. The highest BCUT2D eigenvalue weighted by atomic mass is 16.6. The Bertz CT molecular complexity index is 376. The normalized spacial score (nSPS) is 11.9. The lowest BCUT2D eigenvalue weighted by atomic mass is 10.1. The van der Waals surface area contributed by atoms with E-state index >= 15 is 0 Å². The Morgan fingerprint density at radius 2 is 2.00 bits per heavy atom. The highest BCUT2D eigenvalue weighted by Gasteiger charge is 2.14. The number of benzene rings is 1. The Labute approximate surface area is 107 Å². The predicted molar refractivity (Wildman–Crippen MR) is 69.1 cm³/mol.